The molecule has 0 saturated carbocycles. The fourth-order valence-electron chi connectivity index (χ4n) is 3.79. The number of thiocarbonyl (C=S) groups is 1. The largest absolute Gasteiger partial charge is 0.493 e. The molecule has 0 bridgehead atoms. The van der Waals surface area contributed by atoms with Crippen LogP contribution in [0.25, 0.3) is 6.08 Å². The maximum Gasteiger partial charge on any atom is 0.270 e. The molecular weight excluding hydrogens is 567 g/mol. The van der Waals surface area contributed by atoms with Gasteiger partial charge in [-0.3, -0.25) is 14.9 Å². The Hall–Kier alpha value is -3.96. The Morgan fingerprint density at radius 2 is 1.89 bits per heavy atom. The molecule has 2 amide bonds. The second-order valence-corrected chi connectivity index (χ2v) is 9.15. The van der Waals surface area contributed by atoms with Crippen molar-refractivity contribution in [1.82, 2.24) is 5.32 Å². The van der Waals surface area contributed by atoms with Crippen molar-refractivity contribution in [2.75, 3.05) is 18.8 Å². The summed E-state index contributed by atoms with van der Waals surface area (Å²) in [6.07, 6.45) is 1.38. The Balaban J connectivity index is 1.42. The molecule has 1 N–H and O–H groups in total. The van der Waals surface area contributed by atoms with Crippen LogP contribution in [-0.4, -0.2) is 30.8 Å². The van der Waals surface area contributed by atoms with Gasteiger partial charge >= 0.3 is 0 Å². The number of carbonyl (C=O) groups excluding carboxylic acids is 2. The number of benzene rings is 3. The molecular formula is C26H18BrFN2O6S. The minimum absolute atomic E-state index is 0.0627. The van der Waals surface area contributed by atoms with Crippen molar-refractivity contribution >= 4 is 56.8 Å². The maximum absolute atomic E-state index is 14.4. The molecule has 0 atom stereocenters. The second-order valence-electron chi connectivity index (χ2n) is 7.91. The number of hydrogen-bond donors (Lipinski definition) is 1. The second kappa shape index (κ2) is 10.2. The van der Waals surface area contributed by atoms with Gasteiger partial charge in [0.05, 0.1) is 12.8 Å². The third-order valence-corrected chi connectivity index (χ3v) is 6.58. The third kappa shape index (κ3) is 4.87. The number of hydrogen-bond acceptors (Lipinski definition) is 7. The predicted molar refractivity (Wildman–Crippen MR) is 140 cm³/mol. The fraction of sp³-hybridized carbons (Fsp3) is 0.115. The number of rotatable bonds is 6. The van der Waals surface area contributed by atoms with E-state index in [2.05, 4.69) is 21.2 Å². The third-order valence-electron chi connectivity index (χ3n) is 5.61. The van der Waals surface area contributed by atoms with E-state index in [4.69, 9.17) is 31.2 Å². The van der Waals surface area contributed by atoms with E-state index in [1.165, 1.54) is 31.4 Å². The molecule has 0 aromatic heterocycles. The predicted octanol–water partition coefficient (Wildman–Crippen LogP) is 4.74. The van der Waals surface area contributed by atoms with Gasteiger partial charge in [-0.15, -0.1) is 0 Å². The van der Waals surface area contributed by atoms with Gasteiger partial charge in [-0.2, -0.15) is 0 Å². The SMILES string of the molecule is COc1cc(/C=C2\C(=O)NC(=S)N(c3ccccc3F)C2=O)c(Br)cc1OCc1ccc2c(c1)OCO2. The first-order chi connectivity index (χ1) is 17.9. The summed E-state index contributed by atoms with van der Waals surface area (Å²) in [7, 11) is 1.48. The number of amides is 2. The Kier molecular flexibility index (Phi) is 6.81. The molecule has 8 nitrogen and oxygen atoms in total. The highest BCUT2D eigenvalue weighted by atomic mass is 79.9. The van der Waals surface area contributed by atoms with E-state index >= 15 is 0 Å². The Bertz CT molecular complexity index is 1480. The molecule has 11 heteroatoms. The normalized spacial score (nSPS) is 15.7. The van der Waals surface area contributed by atoms with Crippen molar-refractivity contribution in [3.05, 3.63) is 81.6 Å². The van der Waals surface area contributed by atoms with Crippen molar-refractivity contribution in [2.45, 2.75) is 6.61 Å². The number of methoxy groups -OCH3 is 1. The summed E-state index contributed by atoms with van der Waals surface area (Å²) in [6.45, 7) is 0.414. The van der Waals surface area contributed by atoms with Crippen LogP contribution < -0.4 is 29.2 Å². The zero-order chi connectivity index (χ0) is 26.1. The average molecular weight is 585 g/mol. The van der Waals surface area contributed by atoms with Crippen molar-refractivity contribution in [1.29, 1.82) is 0 Å². The monoisotopic (exact) mass is 584 g/mol. The first-order valence-corrected chi connectivity index (χ1v) is 12.1. The summed E-state index contributed by atoms with van der Waals surface area (Å²) in [4.78, 5) is 26.8. The molecule has 188 valence electrons. The van der Waals surface area contributed by atoms with Crippen molar-refractivity contribution < 1.29 is 32.9 Å². The molecule has 3 aromatic carbocycles. The van der Waals surface area contributed by atoms with Crippen LogP contribution in [-0.2, 0) is 16.2 Å². The van der Waals surface area contributed by atoms with Crippen LogP contribution >= 0.6 is 28.1 Å². The van der Waals surface area contributed by atoms with E-state index < -0.39 is 17.6 Å². The zero-order valence-electron chi connectivity index (χ0n) is 19.2. The first kappa shape index (κ1) is 24.7. The van der Waals surface area contributed by atoms with Crippen molar-refractivity contribution in [2.24, 2.45) is 0 Å². The topological polar surface area (TPSA) is 86.3 Å². The standard InChI is InChI=1S/C26H18BrFN2O6S/c1-33-21-10-15(17(27)11-23(21)34-12-14-6-7-20-22(8-14)36-13-35-20)9-16-24(31)29-26(37)30(25(16)32)19-5-3-2-4-18(19)28/h2-11H,12-13H2,1H3,(H,29,31,37)/b16-9+. The lowest BCUT2D eigenvalue weighted by Crippen LogP contribution is -2.54. The zero-order valence-corrected chi connectivity index (χ0v) is 21.7. The van der Waals surface area contributed by atoms with Crippen LogP contribution in [0.4, 0.5) is 10.1 Å². The molecule has 0 aliphatic carbocycles. The quantitative estimate of drug-likeness (QED) is 0.254. The highest BCUT2D eigenvalue weighted by molar-refractivity contribution is 9.10. The molecule has 1 fully saturated rings. The number of para-hydroxylation sites is 1. The van der Waals surface area contributed by atoms with Crippen molar-refractivity contribution in [3.63, 3.8) is 0 Å². The number of ether oxygens (including phenoxy) is 4. The molecule has 2 aliphatic rings. The average Bonchev–Trinajstić information content (AvgIpc) is 3.35. The van der Waals surface area contributed by atoms with Crippen LogP contribution in [0.5, 0.6) is 23.0 Å². The van der Waals surface area contributed by atoms with E-state index in [9.17, 15) is 14.0 Å². The van der Waals surface area contributed by atoms with Crippen LogP contribution in [0.1, 0.15) is 11.1 Å². The van der Waals surface area contributed by atoms with Gasteiger partial charge < -0.3 is 18.9 Å². The van der Waals surface area contributed by atoms with Gasteiger partial charge in [0.1, 0.15) is 18.0 Å². The molecule has 0 spiro atoms. The minimum atomic E-state index is -0.757. The number of fused-ring (bicyclic) bond motifs is 1. The van der Waals surface area contributed by atoms with Gasteiger partial charge in [0.25, 0.3) is 11.8 Å². The van der Waals surface area contributed by atoms with Crippen LogP contribution in [0.15, 0.2) is 64.6 Å². The van der Waals surface area contributed by atoms with Gasteiger partial charge in [-0.1, -0.05) is 34.1 Å². The molecule has 37 heavy (non-hydrogen) atoms. The van der Waals surface area contributed by atoms with Gasteiger partial charge in [0, 0.05) is 4.47 Å². The molecule has 2 aliphatic heterocycles. The number of nitrogens with zero attached hydrogens (tertiary/aromatic N) is 1. The summed E-state index contributed by atoms with van der Waals surface area (Å²) in [5.41, 5.74) is 1.04. The number of carbonyl (C=O) groups is 2. The summed E-state index contributed by atoms with van der Waals surface area (Å²) < 4.78 is 37.1. The van der Waals surface area contributed by atoms with Gasteiger partial charge in [0.2, 0.25) is 6.79 Å². The lowest BCUT2D eigenvalue weighted by atomic mass is 10.1. The van der Waals surface area contributed by atoms with E-state index in [0.29, 0.717) is 33.0 Å². The lowest BCUT2D eigenvalue weighted by molar-refractivity contribution is -0.122. The molecule has 1 saturated heterocycles. The Labute approximate surface area is 224 Å². The summed E-state index contributed by atoms with van der Waals surface area (Å²) in [5, 5.41) is 2.24. The maximum atomic E-state index is 14.4. The molecule has 0 radical (unpaired) electrons. The Morgan fingerprint density at radius 3 is 2.68 bits per heavy atom. The number of halogens is 2. The van der Waals surface area contributed by atoms with E-state index in [-0.39, 0.29) is 29.8 Å². The molecule has 2 heterocycles. The smallest absolute Gasteiger partial charge is 0.270 e. The lowest BCUT2D eigenvalue weighted by Gasteiger charge is -2.29. The van der Waals surface area contributed by atoms with Crippen LogP contribution in [0.3, 0.4) is 0 Å². The number of nitrogens with one attached hydrogen (secondary N) is 1. The highest BCUT2D eigenvalue weighted by Gasteiger charge is 2.35. The minimum Gasteiger partial charge on any atom is -0.493 e. The Morgan fingerprint density at radius 1 is 1.11 bits per heavy atom. The summed E-state index contributed by atoms with van der Waals surface area (Å²) >= 11 is 8.61. The molecule has 5 rings (SSSR count). The van der Waals surface area contributed by atoms with Gasteiger partial charge in [-0.25, -0.2) is 9.29 Å². The number of anilines is 1. The van der Waals surface area contributed by atoms with E-state index in [1.54, 1.807) is 18.2 Å². The van der Waals surface area contributed by atoms with Crippen LogP contribution in [0.2, 0.25) is 0 Å². The first-order valence-electron chi connectivity index (χ1n) is 10.9. The highest BCUT2D eigenvalue weighted by Crippen LogP contribution is 2.37. The van der Waals surface area contributed by atoms with Crippen LogP contribution in [0, 0.1) is 5.82 Å². The van der Waals surface area contributed by atoms with Crippen molar-refractivity contribution in [3.8, 4) is 23.0 Å². The van der Waals surface area contributed by atoms with E-state index in [0.717, 1.165) is 10.5 Å². The summed E-state index contributed by atoms with van der Waals surface area (Å²) in [6, 6.07) is 14.5. The molecule has 0 unspecified atom stereocenters. The summed E-state index contributed by atoms with van der Waals surface area (Å²) in [5.74, 6) is 0.0290. The van der Waals surface area contributed by atoms with Gasteiger partial charge in [-0.05, 0) is 65.8 Å². The van der Waals surface area contributed by atoms with Gasteiger partial charge in [0.15, 0.2) is 28.1 Å². The fourth-order valence-corrected chi connectivity index (χ4v) is 4.50. The van der Waals surface area contributed by atoms with E-state index in [1.807, 2.05) is 18.2 Å². The molecule has 3 aromatic rings.